The Morgan fingerprint density at radius 1 is 1.48 bits per heavy atom. The summed E-state index contributed by atoms with van der Waals surface area (Å²) in [5.41, 5.74) is 4.44. The molecule has 0 aromatic carbocycles. The predicted molar refractivity (Wildman–Crippen MR) is 95.3 cm³/mol. The molecule has 3 atom stereocenters. The minimum atomic E-state index is -2.52. The molecule has 0 saturated carbocycles. The number of carboxylic acid groups (broad SMARTS) is 1. The van der Waals surface area contributed by atoms with Crippen LogP contribution < -0.4 is 15.8 Å². The smallest absolute Gasteiger partial charge is 0.410 e. The Hall–Kier alpha value is -1.91. The number of carbonyl (C=O) groups is 1. The normalized spacial score (nSPS) is 37.4. The lowest BCUT2D eigenvalue weighted by Crippen LogP contribution is -2.61. The molecule has 1 amide bonds. The van der Waals surface area contributed by atoms with Gasteiger partial charge in [-0.15, -0.1) is 0 Å². The van der Waals surface area contributed by atoms with Gasteiger partial charge in [0.25, 0.3) is 0 Å². The molecule has 0 aliphatic carbocycles. The molecule has 138 valence electrons. The Bertz CT molecular complexity index is 763. The number of aromatic nitrogens is 1. The Balaban J connectivity index is 2.19. The van der Waals surface area contributed by atoms with E-state index in [1.165, 1.54) is 12.1 Å². The van der Waals surface area contributed by atoms with Crippen molar-refractivity contribution in [2.45, 2.75) is 37.0 Å². The lowest BCUT2D eigenvalue weighted by molar-refractivity contribution is 0.199. The van der Waals surface area contributed by atoms with Gasteiger partial charge in [-0.25, -0.2) is 14.2 Å². The van der Waals surface area contributed by atoms with Crippen LogP contribution in [0.15, 0.2) is 17.1 Å². The summed E-state index contributed by atoms with van der Waals surface area (Å²) in [5.74, 6) is -0.221. The van der Waals surface area contributed by atoms with E-state index in [9.17, 15) is 18.8 Å². The number of aliphatic imine (C=N–C) groups is 1. The van der Waals surface area contributed by atoms with E-state index in [0.717, 1.165) is 6.42 Å². The number of nitrogens with one attached hydrogen (secondary N) is 2. The first-order chi connectivity index (χ1) is 11.6. The Morgan fingerprint density at radius 3 is 2.88 bits per heavy atom. The fourth-order valence-electron chi connectivity index (χ4n) is 3.51. The molecule has 2 aliphatic rings. The van der Waals surface area contributed by atoms with Crippen LogP contribution in [0.1, 0.15) is 32.4 Å². The molecule has 1 fully saturated rings. The molecule has 25 heavy (non-hydrogen) atoms. The molecular formula is C15H22FN5O3S. The van der Waals surface area contributed by atoms with E-state index in [-0.39, 0.29) is 23.1 Å². The number of nitrogens with two attached hydrogens (primary N) is 1. The molecule has 1 aromatic heterocycles. The minimum Gasteiger partial charge on any atom is -0.465 e. The average molecular weight is 371 g/mol. The molecule has 3 rings (SSSR count). The van der Waals surface area contributed by atoms with Crippen molar-refractivity contribution in [2.75, 3.05) is 18.0 Å². The molecule has 6 N–H and O–H groups in total. The van der Waals surface area contributed by atoms with Crippen LogP contribution in [0.2, 0.25) is 0 Å². The Labute approximate surface area is 146 Å². The lowest BCUT2D eigenvalue weighted by Gasteiger charge is -2.58. The van der Waals surface area contributed by atoms with Crippen LogP contribution in [0.3, 0.4) is 0 Å². The summed E-state index contributed by atoms with van der Waals surface area (Å²) in [5, 5.41) is 11.5. The van der Waals surface area contributed by atoms with E-state index >= 15 is 0 Å². The maximum absolute atomic E-state index is 14.4. The van der Waals surface area contributed by atoms with Crippen LogP contribution in [0.5, 0.6) is 0 Å². The van der Waals surface area contributed by atoms with Gasteiger partial charge < -0.3 is 15.4 Å². The zero-order valence-corrected chi connectivity index (χ0v) is 14.9. The third-order valence-corrected chi connectivity index (χ3v) is 8.42. The summed E-state index contributed by atoms with van der Waals surface area (Å²) in [6.07, 6.45) is 0.0688. The number of pyridine rings is 1. The zero-order valence-electron chi connectivity index (χ0n) is 14.0. The predicted octanol–water partition coefficient (Wildman–Crippen LogP) is 2.03. The molecule has 2 aliphatic heterocycles. The van der Waals surface area contributed by atoms with Crippen molar-refractivity contribution in [3.8, 4) is 0 Å². The zero-order chi connectivity index (χ0) is 18.5. The van der Waals surface area contributed by atoms with Gasteiger partial charge in [0.2, 0.25) is 0 Å². The van der Waals surface area contributed by atoms with E-state index in [2.05, 4.69) is 20.0 Å². The lowest BCUT2D eigenvalue weighted by atomic mass is 9.96. The maximum Gasteiger partial charge on any atom is 0.410 e. The number of nitrogens with zero attached hydrogens (tertiary/aromatic N) is 2. The van der Waals surface area contributed by atoms with Crippen molar-refractivity contribution in [2.24, 2.45) is 4.99 Å². The summed E-state index contributed by atoms with van der Waals surface area (Å²) in [6.45, 7) is 4.01. The largest absolute Gasteiger partial charge is 0.465 e. The van der Waals surface area contributed by atoms with Crippen LogP contribution in [-0.2, 0) is 5.54 Å². The Morgan fingerprint density at radius 2 is 2.20 bits per heavy atom. The highest BCUT2D eigenvalue weighted by atomic mass is 32.3. The number of hydrogen-bond donors (Lipinski definition) is 5. The van der Waals surface area contributed by atoms with Crippen molar-refractivity contribution < 1.29 is 18.8 Å². The van der Waals surface area contributed by atoms with Crippen molar-refractivity contribution in [1.29, 1.82) is 0 Å². The second kappa shape index (κ2) is 5.82. The number of halogens is 1. The fraction of sp³-hybridized carbons (Fsp3) is 0.533. The molecule has 1 unspecified atom stereocenters. The molecule has 1 aromatic rings. The highest BCUT2D eigenvalue weighted by Crippen LogP contribution is 2.62. The molecule has 3 heterocycles. The summed E-state index contributed by atoms with van der Waals surface area (Å²) >= 11 is 0. The maximum atomic E-state index is 14.4. The van der Waals surface area contributed by atoms with Crippen LogP contribution in [0.25, 0.3) is 0 Å². The van der Waals surface area contributed by atoms with Gasteiger partial charge >= 0.3 is 6.09 Å². The third kappa shape index (κ3) is 2.83. The quantitative estimate of drug-likeness (QED) is 0.513. The second-order valence-corrected chi connectivity index (χ2v) is 9.69. The van der Waals surface area contributed by atoms with Crippen LogP contribution in [0.4, 0.5) is 15.0 Å². The highest BCUT2D eigenvalue weighted by Gasteiger charge is 2.56. The van der Waals surface area contributed by atoms with Crippen molar-refractivity contribution >= 4 is 28.2 Å². The molecular weight excluding hydrogens is 349 g/mol. The highest BCUT2D eigenvalue weighted by molar-refractivity contribution is 8.29. The molecule has 10 heteroatoms. The number of rotatable bonds is 1. The van der Waals surface area contributed by atoms with Crippen molar-refractivity contribution in [3.63, 3.8) is 0 Å². The number of anilines is 1. The summed E-state index contributed by atoms with van der Waals surface area (Å²) in [7, 11) is -2.52. The number of hydrogen-bond acceptors (Lipinski definition) is 6. The molecule has 8 nitrogen and oxygen atoms in total. The van der Waals surface area contributed by atoms with Gasteiger partial charge in [-0.3, -0.25) is 15.0 Å². The second-order valence-electron chi connectivity index (χ2n) is 6.81. The van der Waals surface area contributed by atoms with Gasteiger partial charge in [-0.05, 0) is 38.8 Å². The van der Waals surface area contributed by atoms with E-state index in [1.54, 1.807) is 13.8 Å². The Kier molecular flexibility index (Phi) is 4.17. The molecule has 0 spiro atoms. The van der Waals surface area contributed by atoms with E-state index in [1.807, 2.05) is 0 Å². The average Bonchev–Trinajstić information content (AvgIpc) is 2.50. The summed E-state index contributed by atoms with van der Waals surface area (Å²) in [6, 6.07) is 2.54. The van der Waals surface area contributed by atoms with Crippen LogP contribution >= 0.6 is 10.5 Å². The van der Waals surface area contributed by atoms with Crippen molar-refractivity contribution in [1.82, 2.24) is 15.0 Å². The van der Waals surface area contributed by atoms with Gasteiger partial charge in [0.05, 0.1) is 4.75 Å². The van der Waals surface area contributed by atoms with E-state index in [0.29, 0.717) is 13.0 Å². The number of amides is 1. The monoisotopic (exact) mass is 371 g/mol. The molecule has 0 radical (unpaired) electrons. The van der Waals surface area contributed by atoms with E-state index < -0.39 is 32.7 Å². The first kappa shape index (κ1) is 17.9. The number of nitrogen functional groups attached to an aromatic ring is 1. The summed E-state index contributed by atoms with van der Waals surface area (Å²) in [4.78, 5) is 19.8. The summed E-state index contributed by atoms with van der Waals surface area (Å²) < 4.78 is 28.1. The van der Waals surface area contributed by atoms with Gasteiger partial charge in [-0.1, -0.05) is 10.5 Å². The molecule has 0 bridgehead atoms. The van der Waals surface area contributed by atoms with Gasteiger partial charge in [0.15, 0.2) is 0 Å². The minimum absolute atomic E-state index is 0.00691. The topological polar surface area (TPSA) is 133 Å². The first-order valence-electron chi connectivity index (χ1n) is 7.90. The molecule has 1 saturated heterocycles. The van der Waals surface area contributed by atoms with Gasteiger partial charge in [0.1, 0.15) is 28.7 Å². The number of amidine groups is 1. The van der Waals surface area contributed by atoms with Crippen molar-refractivity contribution in [3.05, 3.63) is 23.6 Å². The fourth-order valence-corrected chi connectivity index (χ4v) is 6.64. The van der Waals surface area contributed by atoms with Gasteiger partial charge in [-0.2, -0.15) is 0 Å². The SMILES string of the molecule is C[C@@]12CCCNS1(O)C[C@@](C)(c1nc(N)ccc1F)N=C2NC(=O)O. The van der Waals surface area contributed by atoms with Crippen LogP contribution in [0, 0.1) is 5.82 Å². The third-order valence-electron chi connectivity index (χ3n) is 4.87. The van der Waals surface area contributed by atoms with Crippen LogP contribution in [-0.4, -0.2) is 43.6 Å². The van der Waals surface area contributed by atoms with Gasteiger partial charge in [0, 0.05) is 12.3 Å². The standard InChI is InChI=1S/C15H22FN5O3S/c1-14(11-9(16)4-5-10(17)19-11)8-25(24)15(2,6-3-7-18-25)12(21-14)20-13(22)23/h4-5,18,24H,3,6-8H2,1-2H3,(H2,17,19)(H,20,21)(H,22,23)/t14-,15-/m0/s1. The number of fused-ring (bicyclic) bond motifs is 1. The first-order valence-corrected chi connectivity index (χ1v) is 9.66. The van der Waals surface area contributed by atoms with E-state index in [4.69, 9.17) is 5.73 Å².